The lowest BCUT2D eigenvalue weighted by molar-refractivity contribution is -0.120. The van der Waals surface area contributed by atoms with Gasteiger partial charge in [0.15, 0.2) is 0 Å². The van der Waals surface area contributed by atoms with Gasteiger partial charge in [-0.25, -0.2) is 4.68 Å². The topological polar surface area (TPSA) is 47.8 Å². The van der Waals surface area contributed by atoms with Gasteiger partial charge in [-0.3, -0.25) is 4.79 Å². The first kappa shape index (κ1) is 11.1. The van der Waals surface area contributed by atoms with E-state index >= 15 is 0 Å². The van der Waals surface area contributed by atoms with Gasteiger partial charge in [-0.05, 0) is 31.4 Å². The molecule has 1 aliphatic carbocycles. The number of para-hydroxylation sites is 1. The number of carbonyl (C=O) groups excluding carboxylic acids is 1. The molecule has 1 fully saturated rings. The predicted molar refractivity (Wildman–Crippen MR) is 67.4 cm³/mol. The SMILES string of the molecule is O=C(CCc1cnnn1-c1ccccc1)C1CC1. The number of aromatic nitrogens is 3. The van der Waals surface area contributed by atoms with Crippen molar-refractivity contribution in [2.75, 3.05) is 0 Å². The van der Waals surface area contributed by atoms with Crippen LogP contribution in [0, 0.1) is 5.92 Å². The molecule has 92 valence electrons. The molecule has 18 heavy (non-hydrogen) atoms. The van der Waals surface area contributed by atoms with E-state index in [-0.39, 0.29) is 0 Å². The van der Waals surface area contributed by atoms with Crippen LogP contribution in [-0.4, -0.2) is 20.8 Å². The molecule has 0 aliphatic heterocycles. The Hall–Kier alpha value is -1.97. The van der Waals surface area contributed by atoms with Crippen molar-refractivity contribution in [3.05, 3.63) is 42.2 Å². The van der Waals surface area contributed by atoms with Gasteiger partial charge in [0, 0.05) is 12.3 Å². The van der Waals surface area contributed by atoms with Crippen LogP contribution in [0.25, 0.3) is 5.69 Å². The second-order valence-electron chi connectivity index (χ2n) is 4.71. The number of hydrogen-bond acceptors (Lipinski definition) is 3. The summed E-state index contributed by atoms with van der Waals surface area (Å²) in [7, 11) is 0. The van der Waals surface area contributed by atoms with E-state index in [2.05, 4.69) is 10.3 Å². The standard InChI is InChI=1S/C14H15N3O/c18-14(11-6-7-11)9-8-13-10-15-16-17(13)12-4-2-1-3-5-12/h1-5,10-11H,6-9H2. The fourth-order valence-electron chi connectivity index (χ4n) is 2.07. The Labute approximate surface area is 106 Å². The van der Waals surface area contributed by atoms with Gasteiger partial charge in [0.2, 0.25) is 0 Å². The van der Waals surface area contributed by atoms with Crippen LogP contribution in [0.4, 0.5) is 0 Å². The smallest absolute Gasteiger partial charge is 0.136 e. The molecule has 0 amide bonds. The number of rotatable bonds is 5. The molecular weight excluding hydrogens is 226 g/mol. The Kier molecular flexibility index (Phi) is 2.92. The van der Waals surface area contributed by atoms with Crippen LogP contribution in [0.3, 0.4) is 0 Å². The highest BCUT2D eigenvalue weighted by Gasteiger charge is 2.28. The second kappa shape index (κ2) is 4.72. The van der Waals surface area contributed by atoms with E-state index in [0.29, 0.717) is 18.1 Å². The first-order chi connectivity index (χ1) is 8.84. The van der Waals surface area contributed by atoms with Crippen molar-refractivity contribution >= 4 is 5.78 Å². The summed E-state index contributed by atoms with van der Waals surface area (Å²) in [6, 6.07) is 9.88. The Balaban J connectivity index is 1.73. The van der Waals surface area contributed by atoms with Gasteiger partial charge in [-0.15, -0.1) is 5.10 Å². The zero-order valence-electron chi connectivity index (χ0n) is 10.1. The van der Waals surface area contributed by atoms with Crippen LogP contribution >= 0.6 is 0 Å². The third-order valence-electron chi connectivity index (χ3n) is 3.28. The van der Waals surface area contributed by atoms with Gasteiger partial charge in [0.05, 0.1) is 17.6 Å². The molecule has 1 aromatic heterocycles. The van der Waals surface area contributed by atoms with Crippen molar-refractivity contribution in [2.45, 2.75) is 25.7 Å². The Morgan fingerprint density at radius 1 is 1.28 bits per heavy atom. The van der Waals surface area contributed by atoms with E-state index < -0.39 is 0 Å². The molecule has 3 rings (SSSR count). The number of nitrogens with zero attached hydrogens (tertiary/aromatic N) is 3. The van der Waals surface area contributed by atoms with Gasteiger partial charge in [-0.2, -0.15) is 0 Å². The largest absolute Gasteiger partial charge is 0.299 e. The van der Waals surface area contributed by atoms with Crippen molar-refractivity contribution < 1.29 is 4.79 Å². The lowest BCUT2D eigenvalue weighted by atomic mass is 10.1. The minimum absolute atomic E-state index is 0.339. The summed E-state index contributed by atoms with van der Waals surface area (Å²) in [5.41, 5.74) is 1.99. The summed E-state index contributed by atoms with van der Waals surface area (Å²) in [4.78, 5) is 11.7. The summed E-state index contributed by atoms with van der Waals surface area (Å²) >= 11 is 0. The predicted octanol–water partition coefficient (Wildman–Crippen LogP) is 2.18. The minimum atomic E-state index is 0.339. The van der Waals surface area contributed by atoms with Crippen molar-refractivity contribution in [1.29, 1.82) is 0 Å². The zero-order valence-corrected chi connectivity index (χ0v) is 10.1. The maximum atomic E-state index is 11.7. The average Bonchev–Trinajstić information content (AvgIpc) is 3.16. The van der Waals surface area contributed by atoms with E-state index in [1.807, 2.05) is 30.3 Å². The van der Waals surface area contributed by atoms with E-state index in [0.717, 1.165) is 30.6 Å². The van der Waals surface area contributed by atoms with Crippen LogP contribution in [0.1, 0.15) is 25.0 Å². The number of hydrogen-bond donors (Lipinski definition) is 0. The Morgan fingerprint density at radius 2 is 2.06 bits per heavy atom. The lowest BCUT2D eigenvalue weighted by Crippen LogP contribution is -2.06. The van der Waals surface area contributed by atoms with Gasteiger partial charge < -0.3 is 0 Å². The molecule has 1 aliphatic rings. The Morgan fingerprint density at radius 3 is 2.78 bits per heavy atom. The summed E-state index contributed by atoms with van der Waals surface area (Å²) in [5, 5.41) is 8.02. The fraction of sp³-hybridized carbons (Fsp3) is 0.357. The van der Waals surface area contributed by atoms with Gasteiger partial charge in [0.1, 0.15) is 5.78 Å². The minimum Gasteiger partial charge on any atom is -0.299 e. The van der Waals surface area contributed by atoms with Gasteiger partial charge >= 0.3 is 0 Å². The molecular formula is C14H15N3O. The molecule has 0 unspecified atom stereocenters. The number of aryl methyl sites for hydroxylation is 1. The monoisotopic (exact) mass is 241 g/mol. The first-order valence-electron chi connectivity index (χ1n) is 6.32. The molecule has 2 aromatic rings. The molecule has 4 nitrogen and oxygen atoms in total. The van der Waals surface area contributed by atoms with E-state index in [1.54, 1.807) is 10.9 Å². The molecule has 1 heterocycles. The number of Topliss-reactive ketones (excluding diaryl/α,β-unsaturated/α-hetero) is 1. The van der Waals surface area contributed by atoms with E-state index in [9.17, 15) is 4.79 Å². The normalized spacial score (nSPS) is 14.7. The number of ketones is 1. The maximum absolute atomic E-state index is 11.7. The molecule has 0 radical (unpaired) electrons. The third kappa shape index (κ3) is 2.32. The molecule has 0 bridgehead atoms. The van der Waals surface area contributed by atoms with Crippen molar-refractivity contribution in [2.24, 2.45) is 5.92 Å². The van der Waals surface area contributed by atoms with Crippen LogP contribution in [0.15, 0.2) is 36.5 Å². The van der Waals surface area contributed by atoms with Crippen LogP contribution in [-0.2, 0) is 11.2 Å². The summed E-state index contributed by atoms with van der Waals surface area (Å²) in [6.45, 7) is 0. The van der Waals surface area contributed by atoms with E-state index in [4.69, 9.17) is 0 Å². The van der Waals surface area contributed by atoms with Gasteiger partial charge in [-0.1, -0.05) is 23.4 Å². The fourth-order valence-corrected chi connectivity index (χ4v) is 2.07. The van der Waals surface area contributed by atoms with Crippen molar-refractivity contribution in [3.63, 3.8) is 0 Å². The van der Waals surface area contributed by atoms with Crippen molar-refractivity contribution in [1.82, 2.24) is 15.0 Å². The Bertz CT molecular complexity index is 543. The summed E-state index contributed by atoms with van der Waals surface area (Å²) in [6.07, 6.45) is 5.22. The van der Waals surface area contributed by atoms with E-state index in [1.165, 1.54) is 0 Å². The third-order valence-corrected chi connectivity index (χ3v) is 3.28. The zero-order chi connectivity index (χ0) is 12.4. The molecule has 0 atom stereocenters. The molecule has 0 saturated heterocycles. The van der Waals surface area contributed by atoms with Crippen LogP contribution in [0.2, 0.25) is 0 Å². The summed E-state index contributed by atoms with van der Waals surface area (Å²) < 4.78 is 1.81. The average molecular weight is 241 g/mol. The summed E-state index contributed by atoms with van der Waals surface area (Å²) in [5.74, 6) is 0.724. The van der Waals surface area contributed by atoms with Crippen LogP contribution in [0.5, 0.6) is 0 Å². The molecule has 0 spiro atoms. The van der Waals surface area contributed by atoms with Crippen molar-refractivity contribution in [3.8, 4) is 5.69 Å². The molecule has 4 heteroatoms. The molecule has 1 saturated carbocycles. The quantitative estimate of drug-likeness (QED) is 0.806. The highest BCUT2D eigenvalue weighted by Crippen LogP contribution is 2.31. The lowest BCUT2D eigenvalue weighted by Gasteiger charge is -2.05. The number of carbonyl (C=O) groups is 1. The maximum Gasteiger partial charge on any atom is 0.136 e. The van der Waals surface area contributed by atoms with Gasteiger partial charge in [0.25, 0.3) is 0 Å². The highest BCUT2D eigenvalue weighted by molar-refractivity contribution is 5.83. The molecule has 1 aromatic carbocycles. The number of benzene rings is 1. The van der Waals surface area contributed by atoms with Crippen LogP contribution < -0.4 is 0 Å². The first-order valence-corrected chi connectivity index (χ1v) is 6.32. The highest BCUT2D eigenvalue weighted by atomic mass is 16.1. The molecule has 0 N–H and O–H groups in total. The second-order valence-corrected chi connectivity index (χ2v) is 4.71.